The molecule has 0 fully saturated rings. The number of nitrogens with zero attached hydrogens (tertiary/aromatic N) is 1. The summed E-state index contributed by atoms with van der Waals surface area (Å²) >= 11 is 9.09. The second kappa shape index (κ2) is 11.2. The minimum atomic E-state index is -0.484. The van der Waals surface area contributed by atoms with Crippen molar-refractivity contribution in [3.63, 3.8) is 0 Å². The number of nitrogens with one attached hydrogen (secondary N) is 2. The third-order valence-electron chi connectivity index (χ3n) is 4.10. The Labute approximate surface area is 197 Å². The molecule has 0 atom stereocenters. The number of hydrogen-bond acceptors (Lipinski definition) is 5. The maximum Gasteiger partial charge on any atom is 0.344 e. The molecule has 2 N–H and O–H groups in total. The van der Waals surface area contributed by atoms with E-state index in [1.54, 1.807) is 72.8 Å². The average molecular weight is 515 g/mol. The number of hydrogen-bond donors (Lipinski definition) is 2. The third-order valence-corrected chi connectivity index (χ3v) is 5.05. The summed E-state index contributed by atoms with van der Waals surface area (Å²) in [7, 11) is 0. The molecule has 162 valence electrons. The van der Waals surface area contributed by atoms with Crippen molar-refractivity contribution in [2.24, 2.45) is 5.10 Å². The van der Waals surface area contributed by atoms with Gasteiger partial charge in [-0.3, -0.25) is 9.59 Å². The van der Waals surface area contributed by atoms with Gasteiger partial charge < -0.3 is 10.1 Å². The monoisotopic (exact) mass is 513 g/mol. The highest BCUT2D eigenvalue weighted by Gasteiger charge is 2.11. The minimum absolute atomic E-state index is 0.233. The molecule has 32 heavy (non-hydrogen) atoms. The van der Waals surface area contributed by atoms with Crippen LogP contribution in [-0.4, -0.2) is 30.5 Å². The normalized spacial score (nSPS) is 10.6. The molecule has 0 radical (unpaired) electrons. The molecule has 0 saturated carbocycles. The zero-order chi connectivity index (χ0) is 22.9. The van der Waals surface area contributed by atoms with Crippen LogP contribution in [0.3, 0.4) is 0 Å². The number of halogens is 2. The maximum atomic E-state index is 12.2. The Morgan fingerprint density at radius 1 is 0.969 bits per heavy atom. The Balaban J connectivity index is 1.45. The van der Waals surface area contributed by atoms with Gasteiger partial charge >= 0.3 is 5.97 Å². The van der Waals surface area contributed by atoms with Crippen molar-refractivity contribution in [1.29, 1.82) is 0 Å². The van der Waals surface area contributed by atoms with E-state index in [1.165, 1.54) is 6.21 Å². The topological polar surface area (TPSA) is 96.9 Å². The predicted molar refractivity (Wildman–Crippen MR) is 125 cm³/mol. The van der Waals surface area contributed by atoms with Crippen LogP contribution in [0.15, 0.2) is 82.4 Å². The Morgan fingerprint density at radius 2 is 1.66 bits per heavy atom. The van der Waals surface area contributed by atoms with Gasteiger partial charge in [-0.15, -0.1) is 0 Å². The molecule has 0 spiro atoms. The van der Waals surface area contributed by atoms with Gasteiger partial charge in [0, 0.05) is 15.1 Å². The standard InChI is InChI=1S/C23H17BrClN3O4/c24-20-4-2-1-3-19(20)23(31)32-18-11-5-15(6-12-18)13-27-28-21(29)14-26-22(30)16-7-9-17(25)10-8-16/h1-13H,14H2,(H,26,30)(H,28,29)/b27-13-. The second-order valence-electron chi connectivity index (χ2n) is 6.42. The first-order valence-corrected chi connectivity index (χ1v) is 10.5. The molecule has 3 aromatic rings. The molecule has 9 heteroatoms. The first kappa shape index (κ1) is 23.2. The van der Waals surface area contributed by atoms with Gasteiger partial charge in [0.1, 0.15) is 5.75 Å². The maximum absolute atomic E-state index is 12.2. The summed E-state index contributed by atoms with van der Waals surface area (Å²) in [6, 6.07) is 19.9. The lowest BCUT2D eigenvalue weighted by Crippen LogP contribution is -2.34. The lowest BCUT2D eigenvalue weighted by Gasteiger charge is -2.06. The molecule has 2 amide bonds. The molecule has 0 saturated heterocycles. The van der Waals surface area contributed by atoms with Crippen LogP contribution in [0, 0.1) is 0 Å². The van der Waals surface area contributed by atoms with Crippen molar-refractivity contribution in [2.75, 3.05) is 6.54 Å². The predicted octanol–water partition coefficient (Wildman–Crippen LogP) is 4.20. The fourth-order valence-electron chi connectivity index (χ4n) is 2.49. The number of carbonyl (C=O) groups excluding carboxylic acids is 3. The smallest absolute Gasteiger partial charge is 0.344 e. The minimum Gasteiger partial charge on any atom is -0.423 e. The fraction of sp³-hybridized carbons (Fsp3) is 0.0435. The van der Waals surface area contributed by atoms with Crippen molar-refractivity contribution >= 4 is 51.5 Å². The van der Waals surface area contributed by atoms with Crippen LogP contribution >= 0.6 is 27.5 Å². The first-order chi connectivity index (χ1) is 15.4. The molecule has 3 rings (SSSR count). The van der Waals surface area contributed by atoms with E-state index < -0.39 is 17.8 Å². The van der Waals surface area contributed by atoms with Crippen LogP contribution in [0.1, 0.15) is 26.3 Å². The quantitative estimate of drug-likeness (QED) is 0.214. The van der Waals surface area contributed by atoms with E-state index in [0.29, 0.717) is 31.9 Å². The molecule has 3 aromatic carbocycles. The van der Waals surface area contributed by atoms with Crippen LogP contribution in [-0.2, 0) is 4.79 Å². The molecule has 0 aliphatic heterocycles. The lowest BCUT2D eigenvalue weighted by atomic mass is 10.2. The van der Waals surface area contributed by atoms with E-state index in [2.05, 4.69) is 31.8 Å². The number of rotatable bonds is 7. The van der Waals surface area contributed by atoms with E-state index in [9.17, 15) is 14.4 Å². The van der Waals surface area contributed by atoms with Gasteiger partial charge in [-0.05, 0) is 82.2 Å². The number of carbonyl (C=O) groups is 3. The Hall–Kier alpha value is -3.49. The van der Waals surface area contributed by atoms with Crippen molar-refractivity contribution < 1.29 is 19.1 Å². The number of hydrazone groups is 1. The number of esters is 1. The van der Waals surface area contributed by atoms with Crippen LogP contribution in [0.4, 0.5) is 0 Å². The van der Waals surface area contributed by atoms with E-state index in [4.69, 9.17) is 16.3 Å². The summed E-state index contributed by atoms with van der Waals surface area (Å²) in [4.78, 5) is 36.0. The van der Waals surface area contributed by atoms with Gasteiger partial charge in [-0.25, -0.2) is 10.2 Å². The van der Waals surface area contributed by atoms with Gasteiger partial charge in [0.2, 0.25) is 0 Å². The lowest BCUT2D eigenvalue weighted by molar-refractivity contribution is -0.120. The molecule has 0 heterocycles. The molecule has 0 aromatic heterocycles. The van der Waals surface area contributed by atoms with Gasteiger partial charge in [-0.2, -0.15) is 5.10 Å². The SMILES string of the molecule is O=C(CNC(=O)c1ccc(Cl)cc1)N/N=C\c1ccc(OC(=O)c2ccccc2Br)cc1. The second-order valence-corrected chi connectivity index (χ2v) is 7.71. The van der Waals surface area contributed by atoms with Gasteiger partial charge in [0.05, 0.1) is 18.3 Å². The first-order valence-electron chi connectivity index (χ1n) is 9.35. The summed E-state index contributed by atoms with van der Waals surface area (Å²) in [6.07, 6.45) is 1.43. The molecule has 0 aliphatic rings. The fourth-order valence-corrected chi connectivity index (χ4v) is 3.07. The van der Waals surface area contributed by atoms with Crippen LogP contribution in [0.5, 0.6) is 5.75 Å². The van der Waals surface area contributed by atoms with Crippen LogP contribution < -0.4 is 15.5 Å². The molecular formula is C23H17BrClN3O4. The summed E-state index contributed by atoms with van der Waals surface area (Å²) in [5, 5.41) is 6.85. The van der Waals surface area contributed by atoms with Crippen LogP contribution in [0.2, 0.25) is 5.02 Å². The van der Waals surface area contributed by atoms with Crippen LogP contribution in [0.25, 0.3) is 0 Å². The Morgan fingerprint density at radius 3 is 2.34 bits per heavy atom. The Bertz CT molecular complexity index is 1150. The molecule has 0 aliphatic carbocycles. The van der Waals surface area contributed by atoms with E-state index >= 15 is 0 Å². The van der Waals surface area contributed by atoms with Crippen molar-refractivity contribution in [3.8, 4) is 5.75 Å². The summed E-state index contributed by atoms with van der Waals surface area (Å²) in [6.45, 7) is -0.233. The highest BCUT2D eigenvalue weighted by Crippen LogP contribution is 2.19. The molecule has 7 nitrogen and oxygen atoms in total. The number of ether oxygens (including phenoxy) is 1. The average Bonchev–Trinajstić information content (AvgIpc) is 2.79. The van der Waals surface area contributed by atoms with E-state index in [0.717, 1.165) is 0 Å². The molecule has 0 bridgehead atoms. The summed E-state index contributed by atoms with van der Waals surface area (Å²) in [5.74, 6) is -0.986. The molecule has 0 unspecified atom stereocenters. The Kier molecular flexibility index (Phi) is 8.13. The number of benzene rings is 3. The summed E-state index contributed by atoms with van der Waals surface area (Å²) in [5.41, 5.74) is 3.82. The molecular weight excluding hydrogens is 498 g/mol. The summed E-state index contributed by atoms with van der Waals surface area (Å²) < 4.78 is 5.99. The highest BCUT2D eigenvalue weighted by atomic mass is 79.9. The largest absolute Gasteiger partial charge is 0.423 e. The van der Waals surface area contributed by atoms with E-state index in [1.807, 2.05) is 0 Å². The van der Waals surface area contributed by atoms with Crippen molar-refractivity contribution in [1.82, 2.24) is 10.7 Å². The van der Waals surface area contributed by atoms with Crippen molar-refractivity contribution in [2.45, 2.75) is 0 Å². The van der Waals surface area contributed by atoms with E-state index in [-0.39, 0.29) is 6.54 Å². The van der Waals surface area contributed by atoms with Gasteiger partial charge in [0.15, 0.2) is 0 Å². The zero-order valence-electron chi connectivity index (χ0n) is 16.5. The number of amides is 2. The van der Waals surface area contributed by atoms with Gasteiger partial charge in [0.25, 0.3) is 11.8 Å². The van der Waals surface area contributed by atoms with Gasteiger partial charge in [-0.1, -0.05) is 23.7 Å². The third kappa shape index (κ3) is 6.76. The van der Waals surface area contributed by atoms with Crippen molar-refractivity contribution in [3.05, 3.63) is 99.0 Å². The highest BCUT2D eigenvalue weighted by molar-refractivity contribution is 9.10. The zero-order valence-corrected chi connectivity index (χ0v) is 18.9.